The SMILES string of the molecule is CCn1cc(N2CCN(c3cccc(COC(=O)CC(=N)N)c3F)CC2)ccc1=O. The molecule has 0 bridgehead atoms. The number of halogens is 1. The monoisotopic (exact) mass is 415 g/mol. The molecule has 30 heavy (non-hydrogen) atoms. The number of nitrogens with two attached hydrogens (primary N) is 1. The van der Waals surface area contributed by atoms with Crippen molar-refractivity contribution in [1.82, 2.24) is 4.57 Å². The average molecular weight is 415 g/mol. The van der Waals surface area contributed by atoms with Crippen LogP contribution in [0.3, 0.4) is 0 Å². The van der Waals surface area contributed by atoms with Crippen molar-refractivity contribution in [3.63, 3.8) is 0 Å². The number of nitrogens with zero attached hydrogens (tertiary/aromatic N) is 3. The lowest BCUT2D eigenvalue weighted by Crippen LogP contribution is -2.47. The number of piperazine rings is 1. The summed E-state index contributed by atoms with van der Waals surface area (Å²) in [5.74, 6) is -1.36. The van der Waals surface area contributed by atoms with Crippen molar-refractivity contribution in [2.24, 2.45) is 5.73 Å². The Morgan fingerprint density at radius 3 is 2.53 bits per heavy atom. The third-order valence-corrected chi connectivity index (χ3v) is 5.08. The zero-order chi connectivity index (χ0) is 21.7. The van der Waals surface area contributed by atoms with Crippen LogP contribution < -0.4 is 21.1 Å². The molecule has 2 heterocycles. The van der Waals surface area contributed by atoms with Crippen molar-refractivity contribution < 1.29 is 13.9 Å². The summed E-state index contributed by atoms with van der Waals surface area (Å²) in [4.78, 5) is 27.5. The van der Waals surface area contributed by atoms with Gasteiger partial charge in [-0.1, -0.05) is 12.1 Å². The highest BCUT2D eigenvalue weighted by molar-refractivity contribution is 5.94. The Morgan fingerprint density at radius 1 is 1.17 bits per heavy atom. The minimum Gasteiger partial charge on any atom is -0.460 e. The Balaban J connectivity index is 1.65. The molecule has 0 spiro atoms. The van der Waals surface area contributed by atoms with Crippen LogP contribution in [-0.2, 0) is 22.7 Å². The smallest absolute Gasteiger partial charge is 0.313 e. The second-order valence-corrected chi connectivity index (χ2v) is 7.10. The number of carbonyl (C=O) groups excluding carboxylic acids is 1. The summed E-state index contributed by atoms with van der Waals surface area (Å²) in [6.45, 7) is 4.96. The second-order valence-electron chi connectivity index (χ2n) is 7.10. The van der Waals surface area contributed by atoms with Gasteiger partial charge in [-0.05, 0) is 19.1 Å². The zero-order valence-electron chi connectivity index (χ0n) is 16.9. The van der Waals surface area contributed by atoms with Crippen LogP contribution >= 0.6 is 0 Å². The van der Waals surface area contributed by atoms with Gasteiger partial charge in [-0.25, -0.2) is 4.39 Å². The molecule has 0 unspecified atom stereocenters. The molecule has 2 aromatic rings. The van der Waals surface area contributed by atoms with E-state index in [2.05, 4.69) is 4.90 Å². The van der Waals surface area contributed by atoms with E-state index in [0.29, 0.717) is 38.4 Å². The highest BCUT2D eigenvalue weighted by Gasteiger charge is 2.21. The van der Waals surface area contributed by atoms with Gasteiger partial charge in [0.1, 0.15) is 18.9 Å². The summed E-state index contributed by atoms with van der Waals surface area (Å²) in [5.41, 5.74) is 6.87. The number of ether oxygens (including phenoxy) is 1. The van der Waals surface area contributed by atoms with E-state index >= 15 is 0 Å². The normalized spacial score (nSPS) is 13.9. The van der Waals surface area contributed by atoms with Gasteiger partial charge in [0.2, 0.25) is 0 Å². The van der Waals surface area contributed by atoms with E-state index in [1.807, 2.05) is 24.1 Å². The van der Waals surface area contributed by atoms with E-state index in [-0.39, 0.29) is 30.0 Å². The fourth-order valence-electron chi connectivity index (χ4n) is 3.45. The number of aryl methyl sites for hydroxylation is 1. The standard InChI is InChI=1S/C21H26FN5O3/c1-2-25-13-16(6-7-19(25)28)26-8-10-27(11-9-26)17-5-3-4-15(21(17)22)14-30-20(29)12-18(23)24/h3-7,13H,2,8-12,14H2,1H3,(H3,23,24). The summed E-state index contributed by atoms with van der Waals surface area (Å²) < 4.78 is 21.7. The number of aromatic nitrogens is 1. The first-order valence-corrected chi connectivity index (χ1v) is 9.85. The van der Waals surface area contributed by atoms with Gasteiger partial charge in [0, 0.05) is 50.6 Å². The molecule has 0 aliphatic carbocycles. The molecule has 160 valence electrons. The minimum absolute atomic E-state index is 0.0252. The van der Waals surface area contributed by atoms with Crippen molar-refractivity contribution in [2.75, 3.05) is 36.0 Å². The predicted molar refractivity (Wildman–Crippen MR) is 114 cm³/mol. The topological polar surface area (TPSA) is 105 Å². The highest BCUT2D eigenvalue weighted by Crippen LogP contribution is 2.25. The Kier molecular flexibility index (Phi) is 6.71. The number of rotatable bonds is 7. The van der Waals surface area contributed by atoms with Crippen LogP contribution in [0.25, 0.3) is 0 Å². The molecule has 1 aliphatic heterocycles. The van der Waals surface area contributed by atoms with E-state index in [1.165, 1.54) is 0 Å². The van der Waals surface area contributed by atoms with Crippen molar-refractivity contribution in [2.45, 2.75) is 26.5 Å². The number of anilines is 2. The molecule has 1 fully saturated rings. The van der Waals surface area contributed by atoms with Gasteiger partial charge in [-0.15, -0.1) is 0 Å². The lowest BCUT2D eigenvalue weighted by atomic mass is 10.1. The van der Waals surface area contributed by atoms with Crippen LogP contribution in [0, 0.1) is 11.2 Å². The molecule has 3 rings (SSSR count). The van der Waals surface area contributed by atoms with Crippen LogP contribution in [0.15, 0.2) is 41.3 Å². The number of pyridine rings is 1. The molecule has 0 atom stereocenters. The van der Waals surface area contributed by atoms with Crippen LogP contribution in [0.2, 0.25) is 0 Å². The summed E-state index contributed by atoms with van der Waals surface area (Å²) >= 11 is 0. The first-order valence-electron chi connectivity index (χ1n) is 9.85. The molecule has 0 radical (unpaired) electrons. The maximum Gasteiger partial charge on any atom is 0.313 e. The maximum absolute atomic E-state index is 15.0. The fourth-order valence-corrected chi connectivity index (χ4v) is 3.45. The Hall–Kier alpha value is -3.36. The molecule has 0 saturated carbocycles. The summed E-state index contributed by atoms with van der Waals surface area (Å²) in [6.07, 6.45) is 1.54. The molecule has 1 aliphatic rings. The van der Waals surface area contributed by atoms with Crippen molar-refractivity contribution >= 4 is 23.2 Å². The highest BCUT2D eigenvalue weighted by atomic mass is 19.1. The zero-order valence-corrected chi connectivity index (χ0v) is 16.9. The van der Waals surface area contributed by atoms with E-state index in [9.17, 15) is 14.0 Å². The second kappa shape index (κ2) is 9.43. The first kappa shape index (κ1) is 21.4. The van der Waals surface area contributed by atoms with Crippen molar-refractivity contribution in [3.8, 4) is 0 Å². The third-order valence-electron chi connectivity index (χ3n) is 5.08. The number of esters is 1. The summed E-state index contributed by atoms with van der Waals surface area (Å²) in [5, 5.41) is 7.11. The lowest BCUT2D eigenvalue weighted by Gasteiger charge is -2.37. The number of carbonyl (C=O) groups is 1. The van der Waals surface area contributed by atoms with E-state index in [4.69, 9.17) is 15.9 Å². The number of amidine groups is 1. The molecule has 1 saturated heterocycles. The van der Waals surface area contributed by atoms with Crippen molar-refractivity contribution in [1.29, 1.82) is 5.41 Å². The number of benzene rings is 1. The van der Waals surface area contributed by atoms with Gasteiger partial charge >= 0.3 is 5.97 Å². The molecule has 1 aromatic carbocycles. The lowest BCUT2D eigenvalue weighted by molar-refractivity contribution is -0.143. The number of nitrogens with one attached hydrogen (secondary N) is 1. The van der Waals surface area contributed by atoms with Gasteiger partial charge < -0.3 is 24.8 Å². The van der Waals surface area contributed by atoms with Crippen LogP contribution in [-0.4, -0.2) is 42.6 Å². The molecule has 8 nitrogen and oxygen atoms in total. The minimum atomic E-state index is -0.658. The van der Waals surface area contributed by atoms with Gasteiger partial charge in [-0.3, -0.25) is 15.0 Å². The quantitative estimate of drug-likeness (QED) is 0.405. The molecule has 3 N–H and O–H groups in total. The molecule has 9 heteroatoms. The van der Waals surface area contributed by atoms with E-state index < -0.39 is 11.8 Å². The predicted octanol–water partition coefficient (Wildman–Crippen LogP) is 1.70. The van der Waals surface area contributed by atoms with Crippen LogP contribution in [0.1, 0.15) is 18.9 Å². The van der Waals surface area contributed by atoms with Crippen LogP contribution in [0.4, 0.5) is 15.8 Å². The molecular weight excluding hydrogens is 389 g/mol. The molecular formula is C21H26FN5O3. The van der Waals surface area contributed by atoms with E-state index in [0.717, 1.165) is 5.69 Å². The molecule has 0 amide bonds. The van der Waals surface area contributed by atoms with Gasteiger partial charge in [-0.2, -0.15) is 0 Å². The maximum atomic E-state index is 15.0. The Labute approximate surface area is 174 Å². The van der Waals surface area contributed by atoms with Gasteiger partial charge in [0.05, 0.1) is 11.4 Å². The number of hydrogen-bond acceptors (Lipinski definition) is 6. The summed E-state index contributed by atoms with van der Waals surface area (Å²) in [6, 6.07) is 8.41. The van der Waals surface area contributed by atoms with Gasteiger partial charge in [0.15, 0.2) is 5.82 Å². The van der Waals surface area contributed by atoms with E-state index in [1.54, 1.807) is 28.8 Å². The molecule has 1 aromatic heterocycles. The van der Waals surface area contributed by atoms with Crippen molar-refractivity contribution in [3.05, 3.63) is 58.3 Å². The Bertz CT molecular complexity index is 983. The Morgan fingerprint density at radius 2 is 1.87 bits per heavy atom. The summed E-state index contributed by atoms with van der Waals surface area (Å²) in [7, 11) is 0. The first-order chi connectivity index (χ1) is 14.4. The third kappa shape index (κ3) is 4.97. The largest absolute Gasteiger partial charge is 0.460 e. The number of hydrogen-bond donors (Lipinski definition) is 2. The van der Waals surface area contributed by atoms with Crippen LogP contribution in [0.5, 0.6) is 0 Å². The van der Waals surface area contributed by atoms with Gasteiger partial charge in [0.25, 0.3) is 5.56 Å². The fraction of sp³-hybridized carbons (Fsp3) is 0.381. The average Bonchev–Trinajstić information content (AvgIpc) is 2.73.